The molecule has 218 valence electrons. The maximum Gasteiger partial charge on any atom is 0.325 e. The molecule has 8 nitrogen and oxygen atoms in total. The minimum Gasteiger partial charge on any atom is -0.480 e. The number of morpholine rings is 1. The molecule has 0 aromatic heterocycles. The normalized spacial score (nSPS) is 19.9. The number of carbonyl (C=O) groups is 3. The minimum absolute atomic E-state index is 0.199. The summed E-state index contributed by atoms with van der Waals surface area (Å²) in [6, 6.07) is 20.2. The first-order valence-corrected chi connectivity index (χ1v) is 14.4. The second kappa shape index (κ2) is 13.8. The molecule has 10 heteroatoms. The highest BCUT2D eigenvalue weighted by Gasteiger charge is 2.48. The van der Waals surface area contributed by atoms with Crippen molar-refractivity contribution in [2.24, 2.45) is 0 Å². The van der Waals surface area contributed by atoms with Gasteiger partial charge in [0.05, 0.1) is 17.7 Å². The number of hydrogen-bond donors (Lipinski definition) is 2. The summed E-state index contributed by atoms with van der Waals surface area (Å²) >= 11 is 12.4. The highest BCUT2D eigenvalue weighted by molar-refractivity contribution is 6.30. The maximum absolute atomic E-state index is 14.4. The first-order chi connectivity index (χ1) is 20.1. The van der Waals surface area contributed by atoms with Crippen LogP contribution in [0.4, 0.5) is 0 Å². The van der Waals surface area contributed by atoms with E-state index in [4.69, 9.17) is 27.9 Å². The van der Waals surface area contributed by atoms with Gasteiger partial charge < -0.3 is 20.1 Å². The molecule has 1 aliphatic heterocycles. The smallest absolute Gasteiger partial charge is 0.325 e. The molecule has 42 heavy (non-hydrogen) atoms. The van der Waals surface area contributed by atoms with Gasteiger partial charge in [0, 0.05) is 16.5 Å². The molecule has 0 saturated carbocycles. The third-order valence-electron chi connectivity index (χ3n) is 7.27. The van der Waals surface area contributed by atoms with Crippen LogP contribution in [0.25, 0.3) is 0 Å². The van der Waals surface area contributed by atoms with E-state index in [9.17, 15) is 24.8 Å². The zero-order valence-corrected chi connectivity index (χ0v) is 24.7. The summed E-state index contributed by atoms with van der Waals surface area (Å²) in [6.07, 6.45) is -0.612. The summed E-state index contributed by atoms with van der Waals surface area (Å²) in [6.45, 7) is 3.28. The van der Waals surface area contributed by atoms with Gasteiger partial charge in [-0.25, -0.2) is 0 Å². The van der Waals surface area contributed by atoms with Gasteiger partial charge in [-0.15, -0.1) is 0 Å². The van der Waals surface area contributed by atoms with E-state index in [1.807, 2.05) is 19.1 Å². The lowest BCUT2D eigenvalue weighted by molar-refractivity contribution is -0.181. The molecule has 5 atom stereocenters. The molecule has 0 spiro atoms. The van der Waals surface area contributed by atoms with Crippen molar-refractivity contribution in [2.45, 2.75) is 63.4 Å². The summed E-state index contributed by atoms with van der Waals surface area (Å²) in [4.78, 5) is 41.2. The Morgan fingerprint density at radius 2 is 1.57 bits per heavy atom. The van der Waals surface area contributed by atoms with Gasteiger partial charge in [-0.05, 0) is 66.4 Å². The number of carbonyl (C=O) groups excluding carboxylic acids is 2. The number of amides is 2. The Bertz CT molecular complexity index is 1460. The number of benzene rings is 3. The van der Waals surface area contributed by atoms with Crippen molar-refractivity contribution in [1.29, 1.82) is 5.26 Å². The number of carboxylic acid groups (broad SMARTS) is 1. The standard InChI is InChI=1S/C32H31Cl2N3O5/c1-3-4-26(30(38)36-19(2)32(40)41)37-28(22-9-13-24(33)14-10-22)29(23-11-15-25(34)16-12-23)42-27(31(37)39)17-20-5-7-21(18-35)8-6-20/h5-16,19,26-29H,3-4,17H2,1-2H3,(H,36,38)(H,40,41)/t19-,26-,27+,28-,29+/m0/s1. The van der Waals surface area contributed by atoms with E-state index >= 15 is 0 Å². The molecule has 2 amide bonds. The predicted molar refractivity (Wildman–Crippen MR) is 159 cm³/mol. The quantitative estimate of drug-likeness (QED) is 0.297. The van der Waals surface area contributed by atoms with Gasteiger partial charge in [0.2, 0.25) is 5.91 Å². The van der Waals surface area contributed by atoms with Crippen molar-refractivity contribution in [2.75, 3.05) is 0 Å². The molecule has 3 aromatic rings. The topological polar surface area (TPSA) is 120 Å². The van der Waals surface area contributed by atoms with Gasteiger partial charge in [0.15, 0.2) is 0 Å². The fraction of sp³-hybridized carbons (Fsp3) is 0.312. The number of nitrogens with zero attached hydrogens (tertiary/aromatic N) is 2. The lowest BCUT2D eigenvalue weighted by Gasteiger charge is -2.48. The Hall–Kier alpha value is -3.90. The number of ether oxygens (including phenoxy) is 1. The molecule has 4 rings (SSSR count). The molecule has 2 N–H and O–H groups in total. The largest absolute Gasteiger partial charge is 0.480 e. The summed E-state index contributed by atoms with van der Waals surface area (Å²) < 4.78 is 6.58. The van der Waals surface area contributed by atoms with Crippen molar-refractivity contribution < 1.29 is 24.2 Å². The molecule has 1 fully saturated rings. The number of rotatable bonds is 10. The average molecular weight is 609 g/mol. The van der Waals surface area contributed by atoms with Crippen LogP contribution in [0.15, 0.2) is 72.8 Å². The third-order valence-corrected chi connectivity index (χ3v) is 7.78. The number of aliphatic carboxylic acids is 1. The molecule has 0 radical (unpaired) electrons. The van der Waals surface area contributed by atoms with Crippen LogP contribution in [0.1, 0.15) is 61.1 Å². The number of nitriles is 1. The van der Waals surface area contributed by atoms with Gasteiger partial charge in [-0.1, -0.05) is 72.9 Å². The zero-order valence-electron chi connectivity index (χ0n) is 23.2. The molecular weight excluding hydrogens is 577 g/mol. The molecule has 3 aromatic carbocycles. The van der Waals surface area contributed by atoms with E-state index in [-0.39, 0.29) is 6.42 Å². The predicted octanol–water partition coefficient (Wildman–Crippen LogP) is 5.88. The highest BCUT2D eigenvalue weighted by Crippen LogP contribution is 2.44. The fourth-order valence-corrected chi connectivity index (χ4v) is 5.37. The van der Waals surface area contributed by atoms with Crippen LogP contribution in [0.3, 0.4) is 0 Å². The van der Waals surface area contributed by atoms with E-state index in [1.165, 1.54) is 6.92 Å². The monoisotopic (exact) mass is 607 g/mol. The number of nitrogens with one attached hydrogen (secondary N) is 1. The molecule has 1 heterocycles. The number of halogens is 2. The fourth-order valence-electron chi connectivity index (χ4n) is 5.12. The minimum atomic E-state index is -1.18. The molecule has 0 aliphatic carbocycles. The Morgan fingerprint density at radius 1 is 1.00 bits per heavy atom. The average Bonchev–Trinajstić information content (AvgIpc) is 2.98. The third kappa shape index (κ3) is 7.11. The SMILES string of the molecule is CCC[C@@H](C(=O)N[C@@H](C)C(=O)O)N1C(=O)[C@@H](Cc2ccc(C#N)cc2)O[C@H](c2ccc(Cl)cc2)[C@@H]1c1ccc(Cl)cc1. The van der Waals surface area contributed by atoms with Crippen molar-refractivity contribution in [3.8, 4) is 6.07 Å². The lowest BCUT2D eigenvalue weighted by atomic mass is 9.88. The lowest BCUT2D eigenvalue weighted by Crippen LogP contribution is -2.60. The van der Waals surface area contributed by atoms with Crippen LogP contribution in [0.2, 0.25) is 10.0 Å². The molecule has 0 unspecified atom stereocenters. The van der Waals surface area contributed by atoms with E-state index in [1.54, 1.807) is 65.6 Å². The van der Waals surface area contributed by atoms with E-state index in [2.05, 4.69) is 11.4 Å². The Morgan fingerprint density at radius 3 is 2.10 bits per heavy atom. The second-order valence-electron chi connectivity index (χ2n) is 10.2. The van der Waals surface area contributed by atoms with Crippen LogP contribution >= 0.6 is 23.2 Å². The summed E-state index contributed by atoms with van der Waals surface area (Å²) in [5, 5.41) is 22.3. The van der Waals surface area contributed by atoms with Crippen molar-refractivity contribution >= 4 is 41.0 Å². The van der Waals surface area contributed by atoms with Crippen molar-refractivity contribution in [1.82, 2.24) is 10.2 Å². The number of hydrogen-bond acceptors (Lipinski definition) is 5. The molecule has 0 bridgehead atoms. The Kier molecular flexibility index (Phi) is 10.2. The number of carboxylic acids is 1. The first kappa shape index (κ1) is 31.0. The first-order valence-electron chi connectivity index (χ1n) is 13.6. The van der Waals surface area contributed by atoms with Crippen LogP contribution in [0.5, 0.6) is 0 Å². The molecule has 1 aliphatic rings. The molecular formula is C32H31Cl2N3O5. The Balaban J connectivity index is 1.85. The van der Waals surface area contributed by atoms with Crippen LogP contribution in [-0.4, -0.2) is 46.0 Å². The second-order valence-corrected chi connectivity index (χ2v) is 11.1. The van der Waals surface area contributed by atoms with Gasteiger partial charge in [0.25, 0.3) is 5.91 Å². The maximum atomic E-state index is 14.4. The van der Waals surface area contributed by atoms with Gasteiger partial charge in [-0.2, -0.15) is 5.26 Å². The summed E-state index contributed by atoms with van der Waals surface area (Å²) in [7, 11) is 0. The van der Waals surface area contributed by atoms with Crippen LogP contribution in [-0.2, 0) is 25.5 Å². The highest BCUT2D eigenvalue weighted by atomic mass is 35.5. The van der Waals surface area contributed by atoms with Crippen LogP contribution < -0.4 is 5.32 Å². The van der Waals surface area contributed by atoms with E-state index in [0.29, 0.717) is 34.0 Å². The Labute approximate surface area is 254 Å². The van der Waals surface area contributed by atoms with E-state index in [0.717, 1.165) is 11.1 Å². The summed E-state index contributed by atoms with van der Waals surface area (Å²) in [5.41, 5.74) is 2.72. The van der Waals surface area contributed by atoms with Gasteiger partial charge >= 0.3 is 5.97 Å². The molecule has 1 saturated heterocycles. The van der Waals surface area contributed by atoms with Crippen LogP contribution in [0, 0.1) is 11.3 Å². The van der Waals surface area contributed by atoms with E-state index < -0.39 is 48.1 Å². The van der Waals surface area contributed by atoms with Gasteiger partial charge in [0.1, 0.15) is 24.3 Å². The summed E-state index contributed by atoms with van der Waals surface area (Å²) in [5.74, 6) is -2.15. The van der Waals surface area contributed by atoms with Crippen molar-refractivity contribution in [3.63, 3.8) is 0 Å². The zero-order chi connectivity index (χ0) is 30.4. The van der Waals surface area contributed by atoms with Crippen molar-refractivity contribution in [3.05, 3.63) is 105 Å². The van der Waals surface area contributed by atoms with Gasteiger partial charge in [-0.3, -0.25) is 14.4 Å².